The lowest BCUT2D eigenvalue weighted by molar-refractivity contribution is -0.137. The Hall–Kier alpha value is -2.73. The van der Waals surface area contributed by atoms with Crippen molar-refractivity contribution in [2.24, 2.45) is 0 Å². The van der Waals surface area contributed by atoms with E-state index in [4.69, 9.17) is 0 Å². The fraction of sp³-hybridized carbons (Fsp3) is 0.111. The monoisotopic (exact) mass is 330 g/mol. The van der Waals surface area contributed by atoms with Crippen LogP contribution in [0.5, 0.6) is 0 Å². The van der Waals surface area contributed by atoms with E-state index in [1.54, 1.807) is 30.3 Å². The molecule has 0 aliphatic heterocycles. The average Bonchev–Trinajstić information content (AvgIpc) is 2.61. The van der Waals surface area contributed by atoms with Crippen LogP contribution in [0.15, 0.2) is 60.9 Å². The van der Waals surface area contributed by atoms with Crippen LogP contribution >= 0.6 is 0 Å². The van der Waals surface area contributed by atoms with Gasteiger partial charge in [0, 0.05) is 11.1 Å². The predicted molar refractivity (Wildman–Crippen MR) is 83.8 cm³/mol. The summed E-state index contributed by atoms with van der Waals surface area (Å²) in [5.41, 5.74) is 1.80. The van der Waals surface area contributed by atoms with Gasteiger partial charge in [-0.15, -0.1) is 0 Å². The van der Waals surface area contributed by atoms with Crippen molar-refractivity contribution in [1.29, 1.82) is 0 Å². The smallest absolute Gasteiger partial charge is 0.392 e. The van der Waals surface area contributed by atoms with Crippen LogP contribution in [0.4, 0.5) is 13.2 Å². The maximum Gasteiger partial charge on any atom is 0.416 e. The lowest BCUT2D eigenvalue weighted by Gasteiger charge is -2.10. The standard InChI is InChI=1S/C18H13F3N2O/c19-18(20,21)14-6-3-5-12(8-14)16-9-22-10-17(23-16)15-7-2-1-4-13(15)11-24/h1-10,24H,11H2. The highest BCUT2D eigenvalue weighted by Gasteiger charge is 2.30. The Morgan fingerprint density at radius 1 is 0.917 bits per heavy atom. The summed E-state index contributed by atoms with van der Waals surface area (Å²) in [6.45, 7) is -0.161. The Morgan fingerprint density at radius 2 is 1.67 bits per heavy atom. The molecule has 0 bridgehead atoms. The molecule has 0 atom stereocenters. The molecule has 3 aromatic rings. The molecule has 6 heteroatoms. The largest absolute Gasteiger partial charge is 0.416 e. The highest BCUT2D eigenvalue weighted by atomic mass is 19.4. The van der Waals surface area contributed by atoms with Crippen LogP contribution in [0, 0.1) is 0 Å². The SMILES string of the molecule is OCc1ccccc1-c1cncc(-c2cccc(C(F)(F)F)c2)n1. The van der Waals surface area contributed by atoms with Crippen LogP contribution in [-0.4, -0.2) is 15.1 Å². The van der Waals surface area contributed by atoms with E-state index in [1.165, 1.54) is 18.5 Å². The molecule has 0 radical (unpaired) electrons. The molecule has 3 nitrogen and oxygen atoms in total. The zero-order valence-corrected chi connectivity index (χ0v) is 12.5. The molecule has 122 valence electrons. The Bertz CT molecular complexity index is 863. The van der Waals surface area contributed by atoms with Crippen molar-refractivity contribution in [2.75, 3.05) is 0 Å². The van der Waals surface area contributed by atoms with Gasteiger partial charge in [-0.05, 0) is 17.7 Å². The molecule has 0 amide bonds. The normalized spacial score (nSPS) is 11.5. The first-order chi connectivity index (χ1) is 11.5. The van der Waals surface area contributed by atoms with E-state index in [2.05, 4.69) is 9.97 Å². The van der Waals surface area contributed by atoms with E-state index >= 15 is 0 Å². The number of aromatic nitrogens is 2. The van der Waals surface area contributed by atoms with Gasteiger partial charge in [0.05, 0.1) is 36.0 Å². The third-order valence-electron chi connectivity index (χ3n) is 3.58. The predicted octanol–water partition coefficient (Wildman–Crippen LogP) is 4.32. The first kappa shape index (κ1) is 16.1. The number of hydrogen-bond donors (Lipinski definition) is 1. The van der Waals surface area contributed by atoms with Crippen molar-refractivity contribution in [1.82, 2.24) is 9.97 Å². The second-order valence-corrected chi connectivity index (χ2v) is 5.18. The number of nitrogens with zero attached hydrogens (tertiary/aromatic N) is 2. The van der Waals surface area contributed by atoms with Gasteiger partial charge in [0.1, 0.15) is 0 Å². The lowest BCUT2D eigenvalue weighted by atomic mass is 10.0. The Morgan fingerprint density at radius 3 is 2.42 bits per heavy atom. The Kier molecular flexibility index (Phi) is 4.31. The van der Waals surface area contributed by atoms with Gasteiger partial charge in [-0.2, -0.15) is 13.2 Å². The van der Waals surface area contributed by atoms with E-state index < -0.39 is 11.7 Å². The zero-order chi connectivity index (χ0) is 17.2. The number of alkyl halides is 3. The molecule has 1 N–H and O–H groups in total. The first-order valence-corrected chi connectivity index (χ1v) is 7.18. The van der Waals surface area contributed by atoms with Gasteiger partial charge in [-0.1, -0.05) is 36.4 Å². The number of aliphatic hydroxyl groups is 1. The summed E-state index contributed by atoms with van der Waals surface area (Å²) in [4.78, 5) is 8.48. The van der Waals surface area contributed by atoms with Gasteiger partial charge in [0.15, 0.2) is 0 Å². The van der Waals surface area contributed by atoms with Gasteiger partial charge < -0.3 is 5.11 Å². The molecule has 0 aliphatic rings. The van der Waals surface area contributed by atoms with Crippen LogP contribution in [0.1, 0.15) is 11.1 Å². The van der Waals surface area contributed by atoms with Crippen molar-refractivity contribution in [3.63, 3.8) is 0 Å². The molecule has 0 saturated carbocycles. The van der Waals surface area contributed by atoms with Gasteiger partial charge in [-0.3, -0.25) is 4.98 Å². The van der Waals surface area contributed by atoms with Crippen LogP contribution in [0.25, 0.3) is 22.5 Å². The molecule has 2 aromatic carbocycles. The molecular formula is C18H13F3N2O. The van der Waals surface area contributed by atoms with Crippen molar-refractivity contribution in [3.05, 3.63) is 72.1 Å². The summed E-state index contributed by atoms with van der Waals surface area (Å²) in [7, 11) is 0. The molecular weight excluding hydrogens is 317 g/mol. The Labute approximate surface area is 136 Å². The maximum atomic E-state index is 12.9. The van der Waals surface area contributed by atoms with Crippen molar-refractivity contribution < 1.29 is 18.3 Å². The van der Waals surface area contributed by atoms with Crippen LogP contribution < -0.4 is 0 Å². The van der Waals surface area contributed by atoms with Crippen LogP contribution in [-0.2, 0) is 12.8 Å². The minimum atomic E-state index is -4.41. The summed E-state index contributed by atoms with van der Waals surface area (Å²) in [5.74, 6) is 0. The molecule has 0 saturated heterocycles. The van der Waals surface area contributed by atoms with Gasteiger partial charge in [-0.25, -0.2) is 4.98 Å². The summed E-state index contributed by atoms with van der Waals surface area (Å²) < 4.78 is 38.6. The number of halogens is 3. The second-order valence-electron chi connectivity index (χ2n) is 5.18. The van der Waals surface area contributed by atoms with E-state index in [0.29, 0.717) is 28.1 Å². The van der Waals surface area contributed by atoms with Crippen LogP contribution in [0.3, 0.4) is 0 Å². The molecule has 0 fully saturated rings. The fourth-order valence-corrected chi connectivity index (χ4v) is 2.40. The maximum absolute atomic E-state index is 12.9. The molecule has 0 spiro atoms. The first-order valence-electron chi connectivity index (χ1n) is 7.18. The second kappa shape index (κ2) is 6.41. The topological polar surface area (TPSA) is 46.0 Å². The number of benzene rings is 2. The molecule has 24 heavy (non-hydrogen) atoms. The van der Waals surface area contributed by atoms with Crippen LogP contribution in [0.2, 0.25) is 0 Å². The van der Waals surface area contributed by atoms with Crippen molar-refractivity contribution >= 4 is 0 Å². The van der Waals surface area contributed by atoms with E-state index in [1.807, 2.05) is 0 Å². The molecule has 1 heterocycles. The third-order valence-corrected chi connectivity index (χ3v) is 3.58. The third kappa shape index (κ3) is 3.28. The molecule has 3 rings (SSSR count). The molecule has 1 aromatic heterocycles. The minimum absolute atomic E-state index is 0.161. The Balaban J connectivity index is 2.06. The van der Waals surface area contributed by atoms with E-state index in [9.17, 15) is 18.3 Å². The van der Waals surface area contributed by atoms with Crippen molar-refractivity contribution in [3.8, 4) is 22.5 Å². The van der Waals surface area contributed by atoms with E-state index in [0.717, 1.165) is 12.1 Å². The zero-order valence-electron chi connectivity index (χ0n) is 12.5. The fourth-order valence-electron chi connectivity index (χ4n) is 2.40. The summed E-state index contributed by atoms with van der Waals surface area (Å²) in [6.07, 6.45) is -1.48. The highest BCUT2D eigenvalue weighted by Crippen LogP contribution is 2.32. The minimum Gasteiger partial charge on any atom is -0.392 e. The quantitative estimate of drug-likeness (QED) is 0.778. The van der Waals surface area contributed by atoms with Gasteiger partial charge >= 0.3 is 6.18 Å². The molecule has 0 aliphatic carbocycles. The number of hydrogen-bond acceptors (Lipinski definition) is 3. The average molecular weight is 330 g/mol. The number of aliphatic hydroxyl groups excluding tert-OH is 1. The lowest BCUT2D eigenvalue weighted by Crippen LogP contribution is -2.04. The highest BCUT2D eigenvalue weighted by molar-refractivity contribution is 5.67. The van der Waals surface area contributed by atoms with E-state index in [-0.39, 0.29) is 6.61 Å². The molecule has 0 unspecified atom stereocenters. The van der Waals surface area contributed by atoms with Gasteiger partial charge in [0.2, 0.25) is 0 Å². The van der Waals surface area contributed by atoms with Gasteiger partial charge in [0.25, 0.3) is 0 Å². The summed E-state index contributed by atoms with van der Waals surface area (Å²) >= 11 is 0. The van der Waals surface area contributed by atoms with Crippen molar-refractivity contribution in [2.45, 2.75) is 12.8 Å². The summed E-state index contributed by atoms with van der Waals surface area (Å²) in [6, 6.07) is 12.1. The summed E-state index contributed by atoms with van der Waals surface area (Å²) in [5, 5.41) is 9.42. The number of rotatable bonds is 3.